The van der Waals surface area contributed by atoms with E-state index in [1.807, 2.05) is 18.2 Å². The van der Waals surface area contributed by atoms with Crippen LogP contribution in [0.1, 0.15) is 4.88 Å². The Morgan fingerprint density at radius 3 is 2.92 bits per heavy atom. The van der Waals surface area contributed by atoms with Gasteiger partial charge in [0.05, 0.1) is 10.4 Å². The second kappa shape index (κ2) is 2.95. The Labute approximate surface area is 85.0 Å². The number of nitrogen functional groups attached to an aromatic ring is 1. The number of anilines is 1. The van der Waals surface area contributed by atoms with Gasteiger partial charge in [-0.2, -0.15) is 5.26 Å². The first-order valence-electron chi connectivity index (χ1n) is 3.63. The van der Waals surface area contributed by atoms with E-state index in [0.29, 0.717) is 10.6 Å². The highest BCUT2D eigenvalue weighted by Gasteiger charge is 2.05. The molecule has 0 bridgehead atoms. The van der Waals surface area contributed by atoms with Gasteiger partial charge in [0.1, 0.15) is 10.9 Å². The Bertz CT molecular complexity index is 508. The lowest BCUT2D eigenvalue weighted by atomic mass is 10.2. The third-order valence-electron chi connectivity index (χ3n) is 1.81. The summed E-state index contributed by atoms with van der Waals surface area (Å²) in [5, 5.41) is 9.71. The van der Waals surface area contributed by atoms with E-state index in [9.17, 15) is 0 Å². The van der Waals surface area contributed by atoms with Crippen LogP contribution >= 0.6 is 24.0 Å². The van der Waals surface area contributed by atoms with E-state index < -0.39 is 0 Å². The molecule has 0 amide bonds. The van der Waals surface area contributed by atoms with E-state index in [1.54, 1.807) is 0 Å². The minimum absolute atomic E-state index is 0.660. The van der Waals surface area contributed by atoms with Crippen molar-refractivity contribution in [2.45, 2.75) is 4.90 Å². The third-order valence-corrected chi connectivity index (χ3v) is 3.29. The Balaban J connectivity index is 2.86. The molecule has 1 aromatic heterocycles. The van der Waals surface area contributed by atoms with Gasteiger partial charge in [-0.25, -0.2) is 0 Å². The summed E-state index contributed by atoms with van der Waals surface area (Å²) >= 11 is 5.61. The number of rotatable bonds is 0. The molecule has 0 aliphatic carbocycles. The van der Waals surface area contributed by atoms with Gasteiger partial charge >= 0.3 is 0 Å². The topological polar surface area (TPSA) is 49.8 Å². The molecule has 0 aliphatic rings. The molecule has 0 fully saturated rings. The minimum atomic E-state index is 0.660. The monoisotopic (exact) mass is 206 g/mol. The van der Waals surface area contributed by atoms with Crippen molar-refractivity contribution < 1.29 is 0 Å². The number of fused-ring (bicyclic) bond motifs is 1. The molecule has 0 aliphatic heterocycles. The fourth-order valence-electron chi connectivity index (χ4n) is 1.17. The summed E-state index contributed by atoms with van der Waals surface area (Å²) in [5.41, 5.74) is 6.47. The first-order chi connectivity index (χ1) is 6.22. The number of nitriles is 1. The normalized spacial score (nSPS) is 10.2. The van der Waals surface area contributed by atoms with E-state index in [4.69, 9.17) is 11.0 Å². The first kappa shape index (κ1) is 8.42. The Kier molecular flexibility index (Phi) is 1.91. The molecule has 0 radical (unpaired) electrons. The average molecular weight is 206 g/mol. The Morgan fingerprint density at radius 1 is 1.46 bits per heavy atom. The van der Waals surface area contributed by atoms with Crippen LogP contribution in [0.2, 0.25) is 0 Å². The van der Waals surface area contributed by atoms with Crippen LogP contribution in [0.25, 0.3) is 10.1 Å². The lowest BCUT2D eigenvalue weighted by Gasteiger charge is -1.98. The highest BCUT2D eigenvalue weighted by molar-refractivity contribution is 7.80. The fraction of sp³-hybridized carbons (Fsp3) is 0. The Morgan fingerprint density at radius 2 is 2.23 bits per heavy atom. The predicted octanol–water partition coefficient (Wildman–Crippen LogP) is 2.64. The van der Waals surface area contributed by atoms with Crippen molar-refractivity contribution >= 4 is 39.7 Å². The van der Waals surface area contributed by atoms with Gasteiger partial charge in [-0.1, -0.05) is 6.07 Å². The molecule has 0 atom stereocenters. The van der Waals surface area contributed by atoms with Crippen molar-refractivity contribution in [3.05, 3.63) is 23.1 Å². The summed E-state index contributed by atoms with van der Waals surface area (Å²) in [6.45, 7) is 0. The zero-order valence-electron chi connectivity index (χ0n) is 6.61. The van der Waals surface area contributed by atoms with Crippen molar-refractivity contribution in [2.24, 2.45) is 0 Å². The molecule has 1 heterocycles. The maximum atomic E-state index is 8.70. The molecule has 2 aromatic rings. The van der Waals surface area contributed by atoms with Crippen molar-refractivity contribution in [2.75, 3.05) is 5.73 Å². The van der Waals surface area contributed by atoms with Crippen LogP contribution < -0.4 is 5.73 Å². The lowest BCUT2D eigenvalue weighted by molar-refractivity contribution is 1.52. The standard InChI is InChI=1S/C9H6N2S2/c10-4-6-3-5-1-2-7(12)8(11)9(5)13-6/h1-3,12H,11H2. The molecule has 0 saturated carbocycles. The number of hydrogen-bond acceptors (Lipinski definition) is 4. The molecule has 2 nitrogen and oxygen atoms in total. The van der Waals surface area contributed by atoms with Crippen LogP contribution in [0.4, 0.5) is 5.69 Å². The second-order valence-electron chi connectivity index (χ2n) is 2.64. The van der Waals surface area contributed by atoms with Crippen LogP contribution in [-0.2, 0) is 0 Å². The van der Waals surface area contributed by atoms with Crippen LogP contribution in [0, 0.1) is 11.3 Å². The van der Waals surface area contributed by atoms with Crippen LogP contribution in [0.5, 0.6) is 0 Å². The maximum absolute atomic E-state index is 8.70. The average Bonchev–Trinajstić information content (AvgIpc) is 2.55. The first-order valence-corrected chi connectivity index (χ1v) is 4.90. The summed E-state index contributed by atoms with van der Waals surface area (Å²) in [7, 11) is 0. The molecule has 64 valence electrons. The molecule has 2 rings (SSSR count). The number of nitrogens with zero attached hydrogens (tertiary/aromatic N) is 1. The molecule has 2 N–H and O–H groups in total. The van der Waals surface area contributed by atoms with E-state index in [0.717, 1.165) is 15.0 Å². The zero-order valence-corrected chi connectivity index (χ0v) is 8.32. The lowest BCUT2D eigenvalue weighted by Crippen LogP contribution is -1.85. The van der Waals surface area contributed by atoms with Gasteiger partial charge in [-0.05, 0) is 17.5 Å². The molecule has 0 unspecified atom stereocenters. The van der Waals surface area contributed by atoms with E-state index in [2.05, 4.69) is 18.7 Å². The summed E-state index contributed by atoms with van der Waals surface area (Å²) in [4.78, 5) is 1.44. The summed E-state index contributed by atoms with van der Waals surface area (Å²) in [6, 6.07) is 7.70. The van der Waals surface area contributed by atoms with E-state index >= 15 is 0 Å². The number of thiol groups is 1. The predicted molar refractivity (Wildman–Crippen MR) is 58.2 cm³/mol. The van der Waals surface area contributed by atoms with Gasteiger partial charge in [0.2, 0.25) is 0 Å². The van der Waals surface area contributed by atoms with Gasteiger partial charge in [0.15, 0.2) is 0 Å². The van der Waals surface area contributed by atoms with Gasteiger partial charge < -0.3 is 5.73 Å². The van der Waals surface area contributed by atoms with Crippen molar-refractivity contribution in [3.63, 3.8) is 0 Å². The Hall–Kier alpha value is -1.18. The smallest absolute Gasteiger partial charge is 0.110 e. The largest absolute Gasteiger partial charge is 0.397 e. The zero-order chi connectivity index (χ0) is 9.42. The molecular formula is C9H6N2S2. The molecule has 4 heteroatoms. The number of hydrogen-bond donors (Lipinski definition) is 2. The summed E-state index contributed by atoms with van der Waals surface area (Å²) < 4.78 is 0.948. The molecule has 0 saturated heterocycles. The van der Waals surface area contributed by atoms with Crippen molar-refractivity contribution in [1.29, 1.82) is 5.26 Å². The molecular weight excluding hydrogens is 200 g/mol. The van der Waals surface area contributed by atoms with E-state index in [1.165, 1.54) is 11.3 Å². The van der Waals surface area contributed by atoms with Crippen molar-refractivity contribution in [1.82, 2.24) is 0 Å². The maximum Gasteiger partial charge on any atom is 0.110 e. The van der Waals surface area contributed by atoms with E-state index in [-0.39, 0.29) is 0 Å². The van der Waals surface area contributed by atoms with Crippen LogP contribution in [0.15, 0.2) is 23.1 Å². The number of nitrogens with two attached hydrogens (primary N) is 1. The van der Waals surface area contributed by atoms with Gasteiger partial charge in [0.25, 0.3) is 0 Å². The van der Waals surface area contributed by atoms with Crippen LogP contribution in [0.3, 0.4) is 0 Å². The van der Waals surface area contributed by atoms with Crippen LogP contribution in [-0.4, -0.2) is 0 Å². The van der Waals surface area contributed by atoms with Gasteiger partial charge in [-0.3, -0.25) is 0 Å². The van der Waals surface area contributed by atoms with Gasteiger partial charge in [-0.15, -0.1) is 24.0 Å². The minimum Gasteiger partial charge on any atom is -0.397 e. The summed E-state index contributed by atoms with van der Waals surface area (Å²) in [6.07, 6.45) is 0. The number of thiophene rings is 1. The quantitative estimate of drug-likeness (QED) is 0.514. The van der Waals surface area contributed by atoms with Crippen molar-refractivity contribution in [3.8, 4) is 6.07 Å². The molecule has 1 aromatic carbocycles. The fourth-order valence-corrected chi connectivity index (χ4v) is 2.35. The van der Waals surface area contributed by atoms with Gasteiger partial charge in [0, 0.05) is 4.90 Å². The highest BCUT2D eigenvalue weighted by atomic mass is 32.1. The number of benzene rings is 1. The molecule has 0 spiro atoms. The molecule has 13 heavy (non-hydrogen) atoms. The highest BCUT2D eigenvalue weighted by Crippen LogP contribution is 2.33. The SMILES string of the molecule is N#Cc1cc2ccc(S)c(N)c2s1. The third kappa shape index (κ3) is 1.26. The second-order valence-corrected chi connectivity index (χ2v) is 4.17. The summed E-state index contributed by atoms with van der Waals surface area (Å²) in [5.74, 6) is 0.